The van der Waals surface area contributed by atoms with Crippen molar-refractivity contribution in [2.24, 2.45) is 0 Å². The zero-order valence-corrected chi connectivity index (χ0v) is 20.6. The van der Waals surface area contributed by atoms with E-state index in [1.165, 1.54) is 0 Å². The molecule has 0 aliphatic rings. The van der Waals surface area contributed by atoms with Crippen molar-refractivity contribution in [1.82, 2.24) is 9.97 Å². The maximum absolute atomic E-state index is 6.44. The van der Waals surface area contributed by atoms with E-state index in [4.69, 9.17) is 19.9 Å². The summed E-state index contributed by atoms with van der Waals surface area (Å²) in [7, 11) is 3.37. The van der Waals surface area contributed by atoms with Gasteiger partial charge in [0.1, 0.15) is 23.0 Å². The predicted octanol–water partition coefficient (Wildman–Crippen LogP) is 7.22. The molecule has 6 nitrogen and oxygen atoms in total. The highest BCUT2D eigenvalue weighted by Crippen LogP contribution is 2.44. The number of anilines is 1. The number of aromatic amines is 2. The number of methoxy groups -OCH3 is 2. The quantitative estimate of drug-likeness (QED) is 0.207. The molecule has 2 aromatic heterocycles. The molecule has 0 aliphatic heterocycles. The highest BCUT2D eigenvalue weighted by molar-refractivity contribution is 5.90. The highest BCUT2D eigenvalue weighted by Gasteiger charge is 2.27. The van der Waals surface area contributed by atoms with Crippen molar-refractivity contribution >= 4 is 27.5 Å². The minimum Gasteiger partial charge on any atom is -0.497 e. The minimum atomic E-state index is -0.164. The molecule has 0 atom stereocenters. The molecule has 184 valence electrons. The van der Waals surface area contributed by atoms with Gasteiger partial charge in [0.25, 0.3) is 0 Å². The average Bonchev–Trinajstić information content (AvgIpc) is 3.55. The number of para-hydroxylation sites is 3. The third kappa shape index (κ3) is 4.02. The molecule has 0 aliphatic carbocycles. The lowest BCUT2D eigenvalue weighted by atomic mass is 9.84. The molecule has 4 N–H and O–H groups in total. The van der Waals surface area contributed by atoms with Crippen LogP contribution in [-0.2, 0) is 0 Å². The minimum absolute atomic E-state index is 0.164. The first-order valence-corrected chi connectivity index (χ1v) is 12.1. The number of nitrogens with two attached hydrogens (primary N) is 1. The molecule has 6 rings (SSSR count). The number of aromatic nitrogens is 2. The number of hydrogen-bond donors (Lipinski definition) is 3. The molecule has 0 amide bonds. The Labute approximate surface area is 214 Å². The zero-order chi connectivity index (χ0) is 25.4. The number of fused-ring (bicyclic) bond motifs is 2. The van der Waals surface area contributed by atoms with E-state index in [1.54, 1.807) is 14.2 Å². The predicted molar refractivity (Wildman–Crippen MR) is 148 cm³/mol. The Bertz CT molecular complexity index is 1630. The zero-order valence-electron chi connectivity index (χ0n) is 20.6. The third-order valence-corrected chi connectivity index (χ3v) is 6.83. The summed E-state index contributed by atoms with van der Waals surface area (Å²) in [4.78, 5) is 6.90. The van der Waals surface area contributed by atoms with Gasteiger partial charge in [0.2, 0.25) is 0 Å². The summed E-state index contributed by atoms with van der Waals surface area (Å²) < 4.78 is 17.6. The Morgan fingerprint density at radius 3 is 1.73 bits per heavy atom. The number of hydrogen-bond acceptors (Lipinski definition) is 4. The number of nitrogen functional groups attached to an aromatic ring is 1. The molecule has 0 spiro atoms. The van der Waals surface area contributed by atoms with Crippen LogP contribution >= 0.6 is 0 Å². The van der Waals surface area contributed by atoms with Crippen molar-refractivity contribution in [2.75, 3.05) is 20.0 Å². The molecule has 0 saturated heterocycles. The Morgan fingerprint density at radius 2 is 1.16 bits per heavy atom. The van der Waals surface area contributed by atoms with Gasteiger partial charge in [0.15, 0.2) is 0 Å². The Balaban J connectivity index is 1.61. The van der Waals surface area contributed by atoms with Crippen molar-refractivity contribution in [3.8, 4) is 23.0 Å². The topological polar surface area (TPSA) is 85.3 Å². The lowest BCUT2D eigenvalue weighted by Crippen LogP contribution is -2.05. The number of rotatable bonds is 7. The average molecular weight is 490 g/mol. The fourth-order valence-electron chi connectivity index (χ4n) is 4.98. The maximum Gasteiger partial charge on any atom is 0.150 e. The van der Waals surface area contributed by atoms with E-state index >= 15 is 0 Å². The molecule has 0 bridgehead atoms. The van der Waals surface area contributed by atoms with Crippen molar-refractivity contribution in [3.05, 3.63) is 114 Å². The first-order valence-electron chi connectivity index (χ1n) is 12.1. The Hall–Kier alpha value is -4.84. The Morgan fingerprint density at radius 1 is 0.622 bits per heavy atom. The van der Waals surface area contributed by atoms with Crippen LogP contribution in [0.3, 0.4) is 0 Å². The van der Waals surface area contributed by atoms with E-state index in [-0.39, 0.29) is 5.92 Å². The molecule has 2 heterocycles. The van der Waals surface area contributed by atoms with Gasteiger partial charge in [-0.25, -0.2) is 0 Å². The third-order valence-electron chi connectivity index (χ3n) is 6.83. The van der Waals surface area contributed by atoms with E-state index in [0.717, 1.165) is 55.7 Å². The summed E-state index contributed by atoms with van der Waals surface area (Å²) >= 11 is 0. The van der Waals surface area contributed by atoms with Gasteiger partial charge in [-0.3, -0.25) is 0 Å². The van der Waals surface area contributed by atoms with Crippen LogP contribution in [0.1, 0.15) is 22.6 Å². The molecule has 0 unspecified atom stereocenters. The van der Waals surface area contributed by atoms with Gasteiger partial charge in [0.05, 0.1) is 19.9 Å². The molecule has 37 heavy (non-hydrogen) atoms. The van der Waals surface area contributed by atoms with Crippen LogP contribution in [0.5, 0.6) is 23.0 Å². The van der Waals surface area contributed by atoms with E-state index in [1.807, 2.05) is 66.7 Å². The summed E-state index contributed by atoms with van der Waals surface area (Å²) in [5.74, 6) is 2.79. The largest absolute Gasteiger partial charge is 0.497 e. The summed E-state index contributed by atoms with van der Waals surface area (Å²) in [6.07, 6.45) is 4.14. The van der Waals surface area contributed by atoms with Crippen LogP contribution in [0.2, 0.25) is 0 Å². The SMILES string of the molecule is COc1ccc2[nH]cc(C(c3ccccc3Oc3ccccc3N)c3c[nH]c4ccc(OC)cc34)c2c1. The summed E-state index contributed by atoms with van der Waals surface area (Å²) in [6.45, 7) is 0. The van der Waals surface area contributed by atoms with Crippen LogP contribution in [0, 0.1) is 0 Å². The number of nitrogens with one attached hydrogen (secondary N) is 2. The van der Waals surface area contributed by atoms with Gasteiger partial charge >= 0.3 is 0 Å². The summed E-state index contributed by atoms with van der Waals surface area (Å²) in [5.41, 5.74) is 12.1. The molecule has 6 heteroatoms. The van der Waals surface area contributed by atoms with Gasteiger partial charge in [-0.2, -0.15) is 0 Å². The lowest BCUT2D eigenvalue weighted by Gasteiger charge is -2.21. The second kappa shape index (κ2) is 9.32. The molecule has 4 aromatic carbocycles. The van der Waals surface area contributed by atoms with E-state index in [2.05, 4.69) is 40.6 Å². The number of H-pyrrole nitrogens is 2. The number of benzene rings is 4. The molecule has 0 fully saturated rings. The lowest BCUT2D eigenvalue weighted by molar-refractivity contribution is 0.415. The van der Waals surface area contributed by atoms with Crippen molar-refractivity contribution in [2.45, 2.75) is 5.92 Å². The van der Waals surface area contributed by atoms with E-state index in [9.17, 15) is 0 Å². The fourth-order valence-corrected chi connectivity index (χ4v) is 4.98. The van der Waals surface area contributed by atoms with Crippen molar-refractivity contribution in [3.63, 3.8) is 0 Å². The van der Waals surface area contributed by atoms with E-state index < -0.39 is 0 Å². The maximum atomic E-state index is 6.44. The Kier molecular flexibility index (Phi) is 5.69. The van der Waals surface area contributed by atoms with Crippen LogP contribution in [0.4, 0.5) is 5.69 Å². The van der Waals surface area contributed by atoms with Crippen LogP contribution < -0.4 is 19.9 Å². The molecule has 6 aromatic rings. The van der Waals surface area contributed by atoms with Crippen molar-refractivity contribution < 1.29 is 14.2 Å². The van der Waals surface area contributed by atoms with E-state index in [0.29, 0.717) is 11.4 Å². The van der Waals surface area contributed by atoms with Crippen molar-refractivity contribution in [1.29, 1.82) is 0 Å². The second-order valence-corrected chi connectivity index (χ2v) is 8.92. The summed E-state index contributed by atoms with van der Waals surface area (Å²) in [5, 5.41) is 2.16. The summed E-state index contributed by atoms with van der Waals surface area (Å²) in [6, 6.07) is 27.8. The normalized spacial score (nSPS) is 11.3. The van der Waals surface area contributed by atoms with Gasteiger partial charge in [0, 0.05) is 45.7 Å². The fraction of sp³-hybridized carbons (Fsp3) is 0.0968. The van der Waals surface area contributed by atoms with Gasteiger partial charge in [-0.15, -0.1) is 0 Å². The monoisotopic (exact) mass is 489 g/mol. The first-order chi connectivity index (χ1) is 18.2. The number of ether oxygens (including phenoxy) is 3. The second-order valence-electron chi connectivity index (χ2n) is 8.92. The van der Waals surface area contributed by atoms with Gasteiger partial charge in [-0.1, -0.05) is 30.3 Å². The van der Waals surface area contributed by atoms with Crippen LogP contribution in [0.25, 0.3) is 21.8 Å². The molecular formula is C31H27N3O3. The highest BCUT2D eigenvalue weighted by atomic mass is 16.5. The standard InChI is InChI=1S/C31H27N3O3/c1-35-19-11-13-27-22(15-19)24(17-33-27)31(25-18-34-28-14-12-20(36-2)16-23(25)28)21-7-3-5-9-29(21)37-30-10-6-4-8-26(30)32/h3-18,31,33-34H,32H2,1-2H3. The molecular weight excluding hydrogens is 462 g/mol. The van der Waals surface area contributed by atoms with Gasteiger partial charge in [-0.05, 0) is 65.7 Å². The smallest absolute Gasteiger partial charge is 0.150 e. The van der Waals surface area contributed by atoms with Gasteiger partial charge < -0.3 is 29.9 Å². The first kappa shape index (κ1) is 22.6. The molecule has 0 radical (unpaired) electrons. The van der Waals surface area contributed by atoms with Crippen LogP contribution in [-0.4, -0.2) is 24.2 Å². The molecule has 0 saturated carbocycles. The van der Waals surface area contributed by atoms with Crippen LogP contribution in [0.15, 0.2) is 97.3 Å².